The van der Waals surface area contributed by atoms with Gasteiger partial charge in [0.15, 0.2) is 0 Å². The fourth-order valence-electron chi connectivity index (χ4n) is 1.15. The van der Waals surface area contributed by atoms with Crippen LogP contribution in [0, 0.1) is 0 Å². The van der Waals surface area contributed by atoms with Gasteiger partial charge < -0.3 is 10.6 Å². The van der Waals surface area contributed by atoms with Crippen LogP contribution >= 0.6 is 23.5 Å². The number of rotatable bonds is 10. The molecule has 0 aliphatic heterocycles. The molecule has 0 aromatic rings. The maximum Gasteiger partial charge on any atom is 0.315 e. The van der Waals surface area contributed by atoms with Crippen LogP contribution in [0.4, 0.5) is 4.79 Å². The van der Waals surface area contributed by atoms with Crippen LogP contribution in [0.5, 0.6) is 0 Å². The molecule has 0 saturated carbocycles. The fourth-order valence-corrected chi connectivity index (χ4v) is 2.09. The summed E-state index contributed by atoms with van der Waals surface area (Å²) in [6, 6.07) is -1.80. The van der Waals surface area contributed by atoms with Gasteiger partial charge in [-0.25, -0.2) is 4.79 Å². The lowest BCUT2D eigenvalue weighted by Gasteiger charge is -2.15. The molecule has 2 radical (unpaired) electrons. The van der Waals surface area contributed by atoms with Crippen LogP contribution in [0.1, 0.15) is 12.8 Å². The summed E-state index contributed by atoms with van der Waals surface area (Å²) in [5.74, 6) is 1.52. The minimum absolute atomic E-state index is 0.526. The summed E-state index contributed by atoms with van der Waals surface area (Å²) in [6.07, 6.45) is 8.42. The van der Waals surface area contributed by atoms with E-state index in [1.54, 1.807) is 36.1 Å². The summed E-state index contributed by atoms with van der Waals surface area (Å²) in [7, 11) is 0. The average molecular weight is 290 g/mol. The van der Waals surface area contributed by atoms with E-state index < -0.39 is 18.1 Å². The Kier molecular flexibility index (Phi) is 11.0. The molecule has 7 heteroatoms. The maximum absolute atomic E-state index is 11.5. The quantitative estimate of drug-likeness (QED) is 0.621. The van der Waals surface area contributed by atoms with E-state index in [-0.39, 0.29) is 0 Å². The topological polar surface area (TPSA) is 75.3 Å². The third-order valence-electron chi connectivity index (χ3n) is 2.12. The van der Waals surface area contributed by atoms with Crippen LogP contribution in [0.3, 0.4) is 0 Å². The van der Waals surface area contributed by atoms with Gasteiger partial charge in [-0.05, 0) is 36.9 Å². The highest BCUT2D eigenvalue weighted by atomic mass is 32.2. The predicted molar refractivity (Wildman–Crippen MR) is 76.6 cm³/mol. The minimum atomic E-state index is -0.634. The van der Waals surface area contributed by atoms with Crippen LogP contribution in [0.2, 0.25) is 0 Å². The fraction of sp³-hybridized carbons (Fsp3) is 0.727. The maximum atomic E-state index is 11.5. The summed E-state index contributed by atoms with van der Waals surface area (Å²) in [5.41, 5.74) is 0. The van der Waals surface area contributed by atoms with Gasteiger partial charge in [-0.3, -0.25) is 9.59 Å². The number of urea groups is 1. The van der Waals surface area contributed by atoms with Gasteiger partial charge in [0, 0.05) is 0 Å². The summed E-state index contributed by atoms with van der Waals surface area (Å²) >= 11 is 3.17. The van der Waals surface area contributed by atoms with Crippen molar-refractivity contribution in [3.05, 3.63) is 0 Å². The first-order valence-electron chi connectivity index (χ1n) is 5.48. The average Bonchev–Trinajstić information content (AvgIpc) is 2.39. The van der Waals surface area contributed by atoms with E-state index in [0.29, 0.717) is 12.8 Å². The van der Waals surface area contributed by atoms with Crippen molar-refractivity contribution in [2.45, 2.75) is 24.9 Å². The number of nitrogens with one attached hydrogen (secondary N) is 2. The van der Waals surface area contributed by atoms with E-state index in [1.807, 2.05) is 12.5 Å². The van der Waals surface area contributed by atoms with E-state index in [1.165, 1.54) is 0 Å². The molecule has 2 atom stereocenters. The lowest BCUT2D eigenvalue weighted by Crippen LogP contribution is -2.47. The molecule has 5 nitrogen and oxygen atoms in total. The molecule has 0 spiro atoms. The first kappa shape index (κ1) is 17.3. The number of hydrogen-bond donors (Lipinski definition) is 2. The largest absolute Gasteiger partial charge is 0.328 e. The molecule has 0 aromatic heterocycles. The van der Waals surface area contributed by atoms with Gasteiger partial charge in [-0.2, -0.15) is 23.5 Å². The molecule has 102 valence electrons. The zero-order valence-corrected chi connectivity index (χ0v) is 12.2. The number of carbonyl (C=O) groups excluding carboxylic acids is 3. The summed E-state index contributed by atoms with van der Waals surface area (Å²) in [5, 5.41) is 4.94. The lowest BCUT2D eigenvalue weighted by atomic mass is 10.2. The van der Waals surface area contributed by atoms with Crippen molar-refractivity contribution >= 4 is 42.1 Å². The smallest absolute Gasteiger partial charge is 0.315 e. The number of carbonyl (C=O) groups is 1. The Labute approximate surface area is 116 Å². The van der Waals surface area contributed by atoms with Crippen LogP contribution in [0.25, 0.3) is 0 Å². The van der Waals surface area contributed by atoms with Gasteiger partial charge in [0.1, 0.15) is 0 Å². The lowest BCUT2D eigenvalue weighted by molar-refractivity contribution is 0.237. The molecule has 0 saturated heterocycles. The highest BCUT2D eigenvalue weighted by molar-refractivity contribution is 7.98. The van der Waals surface area contributed by atoms with Crippen molar-refractivity contribution in [2.24, 2.45) is 0 Å². The Balaban J connectivity index is 4.04. The SMILES string of the molecule is CSCCC([C]=O)NC(=O)NC([C]=O)CCSC. The van der Waals surface area contributed by atoms with E-state index in [0.717, 1.165) is 11.5 Å². The Morgan fingerprint density at radius 2 is 1.39 bits per heavy atom. The molecular formula is C11H18N2O3S2. The standard InChI is InChI=1S/C11H18N2O3S2/c1-17-5-3-9(7-14)12-11(16)13-10(8-15)4-6-18-2/h9-10H,3-6H2,1-2H3,(H2,12,13,16). The number of hydrogen-bond acceptors (Lipinski definition) is 5. The zero-order valence-electron chi connectivity index (χ0n) is 10.5. The normalized spacial score (nSPS) is 13.4. The second-order valence-electron chi connectivity index (χ2n) is 3.52. The molecule has 18 heavy (non-hydrogen) atoms. The van der Waals surface area contributed by atoms with Crippen molar-refractivity contribution in [1.82, 2.24) is 10.6 Å². The van der Waals surface area contributed by atoms with Crippen LogP contribution in [-0.2, 0) is 9.59 Å². The van der Waals surface area contributed by atoms with Crippen molar-refractivity contribution < 1.29 is 14.4 Å². The van der Waals surface area contributed by atoms with E-state index >= 15 is 0 Å². The molecule has 0 rings (SSSR count). The Bertz CT molecular complexity index is 241. The first-order valence-corrected chi connectivity index (χ1v) is 8.27. The second-order valence-corrected chi connectivity index (χ2v) is 5.49. The number of amides is 2. The Morgan fingerprint density at radius 3 is 1.67 bits per heavy atom. The molecule has 0 aliphatic carbocycles. The molecule has 0 heterocycles. The molecule has 0 bridgehead atoms. The van der Waals surface area contributed by atoms with Gasteiger partial charge in [-0.1, -0.05) is 0 Å². The third-order valence-corrected chi connectivity index (χ3v) is 3.40. The molecule has 2 N–H and O–H groups in total. The van der Waals surface area contributed by atoms with Crippen molar-refractivity contribution in [1.29, 1.82) is 0 Å². The van der Waals surface area contributed by atoms with Crippen LogP contribution < -0.4 is 10.6 Å². The number of thioether (sulfide) groups is 2. The minimum Gasteiger partial charge on any atom is -0.328 e. The summed E-state index contributed by atoms with van der Waals surface area (Å²) < 4.78 is 0. The molecule has 0 fully saturated rings. The second kappa shape index (κ2) is 11.4. The van der Waals surface area contributed by atoms with Gasteiger partial charge >= 0.3 is 6.03 Å². The molecule has 2 unspecified atom stereocenters. The van der Waals surface area contributed by atoms with Gasteiger partial charge in [0.2, 0.25) is 12.6 Å². The highest BCUT2D eigenvalue weighted by Crippen LogP contribution is 2.00. The summed E-state index contributed by atoms with van der Waals surface area (Å²) in [4.78, 5) is 32.7. The first-order chi connectivity index (χ1) is 8.67. The van der Waals surface area contributed by atoms with E-state index in [9.17, 15) is 14.4 Å². The zero-order chi connectivity index (χ0) is 13.8. The van der Waals surface area contributed by atoms with Crippen LogP contribution in [0.15, 0.2) is 0 Å². The predicted octanol–water partition coefficient (Wildman–Crippen LogP) is 0.748. The van der Waals surface area contributed by atoms with Crippen molar-refractivity contribution in [3.63, 3.8) is 0 Å². The molecule has 2 amide bonds. The van der Waals surface area contributed by atoms with Crippen molar-refractivity contribution in [2.75, 3.05) is 24.0 Å². The summed E-state index contributed by atoms with van der Waals surface area (Å²) in [6.45, 7) is 0. The van der Waals surface area contributed by atoms with Gasteiger partial charge in [0.05, 0.1) is 12.1 Å². The highest BCUT2D eigenvalue weighted by Gasteiger charge is 2.15. The molecule has 0 aromatic carbocycles. The van der Waals surface area contributed by atoms with E-state index in [4.69, 9.17) is 0 Å². The van der Waals surface area contributed by atoms with E-state index in [2.05, 4.69) is 10.6 Å². The van der Waals surface area contributed by atoms with Crippen LogP contribution in [-0.4, -0.2) is 54.7 Å². The van der Waals surface area contributed by atoms with Gasteiger partial charge in [0.25, 0.3) is 0 Å². The molecular weight excluding hydrogens is 272 g/mol. The third kappa shape index (κ3) is 8.41. The monoisotopic (exact) mass is 290 g/mol. The Morgan fingerprint density at radius 1 is 1.00 bits per heavy atom. The molecule has 0 aliphatic rings. The Hall–Kier alpha value is -0.690. The van der Waals surface area contributed by atoms with Crippen molar-refractivity contribution in [3.8, 4) is 0 Å². The van der Waals surface area contributed by atoms with Gasteiger partial charge in [-0.15, -0.1) is 0 Å².